The highest BCUT2D eigenvalue weighted by atomic mass is 16.2. The molecule has 0 radical (unpaired) electrons. The van der Waals surface area contributed by atoms with Crippen LogP contribution in [0.15, 0.2) is 30.7 Å². The van der Waals surface area contributed by atoms with Gasteiger partial charge in [0, 0.05) is 38.7 Å². The monoisotopic (exact) mass is 481 g/mol. The number of hydrogen-bond acceptors (Lipinski definition) is 6. The lowest BCUT2D eigenvalue weighted by Gasteiger charge is -2.46. The Morgan fingerprint density at radius 1 is 1.23 bits per heavy atom. The van der Waals surface area contributed by atoms with Crippen LogP contribution in [0, 0.1) is 11.8 Å². The van der Waals surface area contributed by atoms with E-state index < -0.39 is 18.0 Å². The summed E-state index contributed by atoms with van der Waals surface area (Å²) in [5.41, 5.74) is 6.61. The number of nitrogens with zero attached hydrogens (tertiary/aromatic N) is 5. The van der Waals surface area contributed by atoms with E-state index in [0.29, 0.717) is 24.1 Å². The van der Waals surface area contributed by atoms with Crippen molar-refractivity contribution in [2.45, 2.75) is 64.0 Å². The topological polar surface area (TPSA) is 126 Å². The number of anilines is 2. The van der Waals surface area contributed by atoms with Gasteiger partial charge in [0.05, 0.1) is 5.92 Å². The molecule has 1 saturated heterocycles. The van der Waals surface area contributed by atoms with E-state index in [1.54, 1.807) is 49.4 Å². The number of urea groups is 1. The predicted octanol–water partition coefficient (Wildman–Crippen LogP) is 2.50. The minimum Gasteiger partial charge on any atom is -0.384 e. The Hall–Kier alpha value is -3.43. The molecule has 10 nitrogen and oxygen atoms in total. The second kappa shape index (κ2) is 10.5. The summed E-state index contributed by atoms with van der Waals surface area (Å²) < 4.78 is 1.72. The number of aromatic nitrogens is 3. The van der Waals surface area contributed by atoms with E-state index >= 15 is 0 Å². The van der Waals surface area contributed by atoms with Gasteiger partial charge in [0.2, 0.25) is 11.9 Å². The summed E-state index contributed by atoms with van der Waals surface area (Å²) in [6.07, 6.45) is 11.7. The Morgan fingerprint density at radius 3 is 2.60 bits per heavy atom. The average molecular weight is 482 g/mol. The number of amides is 4. The van der Waals surface area contributed by atoms with Crippen LogP contribution in [0.25, 0.3) is 0 Å². The summed E-state index contributed by atoms with van der Waals surface area (Å²) in [6.45, 7) is 2.05. The lowest BCUT2D eigenvalue weighted by Crippen LogP contribution is -2.71. The number of β-lactam (4-membered cyclic amide) rings is 1. The zero-order valence-corrected chi connectivity index (χ0v) is 20.7. The van der Waals surface area contributed by atoms with E-state index in [0.717, 1.165) is 42.6 Å². The third-order valence-electron chi connectivity index (χ3n) is 7.38. The van der Waals surface area contributed by atoms with Crippen molar-refractivity contribution in [3.05, 3.63) is 36.3 Å². The van der Waals surface area contributed by atoms with Gasteiger partial charge < -0.3 is 15.6 Å². The van der Waals surface area contributed by atoms with Crippen molar-refractivity contribution in [1.29, 1.82) is 0 Å². The Bertz CT molecular complexity index is 1080. The lowest BCUT2D eigenvalue weighted by molar-refractivity contribution is -0.156. The third-order valence-corrected chi connectivity index (χ3v) is 7.38. The normalized spacial score (nSPS) is 21.3. The number of nitrogens with one attached hydrogen (secondary N) is 1. The number of imide groups is 1. The fourth-order valence-corrected chi connectivity index (χ4v) is 5.43. The summed E-state index contributed by atoms with van der Waals surface area (Å²) in [5.74, 6) is -0.207. The maximum atomic E-state index is 13.6. The number of likely N-dealkylation sites (N-methyl/N-ethyl adjacent to an activating group) is 1. The molecule has 2 aliphatic rings. The predicted molar refractivity (Wildman–Crippen MR) is 132 cm³/mol. The van der Waals surface area contributed by atoms with Crippen LogP contribution in [0.3, 0.4) is 0 Å². The first-order chi connectivity index (χ1) is 16.8. The van der Waals surface area contributed by atoms with Gasteiger partial charge in [0.25, 0.3) is 5.91 Å². The molecule has 2 fully saturated rings. The number of nitrogen functional groups attached to an aromatic ring is 1. The van der Waals surface area contributed by atoms with Crippen molar-refractivity contribution in [1.82, 2.24) is 24.8 Å². The van der Waals surface area contributed by atoms with Crippen LogP contribution in [0.1, 0.15) is 51.0 Å². The summed E-state index contributed by atoms with van der Waals surface area (Å²) in [7, 11) is 3.40. The van der Waals surface area contributed by atoms with Crippen molar-refractivity contribution < 1.29 is 14.4 Å². The number of rotatable bonds is 7. The van der Waals surface area contributed by atoms with Crippen LogP contribution in [0.5, 0.6) is 0 Å². The maximum Gasteiger partial charge on any atom is 0.325 e. The fraction of sp³-hybridized carbons (Fsp3) is 0.560. The summed E-state index contributed by atoms with van der Waals surface area (Å²) in [6, 6.07) is 2.02. The first kappa shape index (κ1) is 24.7. The van der Waals surface area contributed by atoms with Gasteiger partial charge >= 0.3 is 6.03 Å². The molecule has 3 atom stereocenters. The molecule has 1 unspecified atom stereocenters. The molecule has 4 rings (SSSR count). The summed E-state index contributed by atoms with van der Waals surface area (Å²) in [4.78, 5) is 51.0. The van der Waals surface area contributed by atoms with Crippen molar-refractivity contribution >= 4 is 29.6 Å². The molecule has 4 amide bonds. The molecule has 1 aliphatic heterocycles. The van der Waals surface area contributed by atoms with Gasteiger partial charge in [-0.3, -0.25) is 19.4 Å². The van der Waals surface area contributed by atoms with Crippen LogP contribution >= 0.6 is 0 Å². The lowest BCUT2D eigenvalue weighted by atomic mass is 9.81. The number of carbonyl (C=O) groups is 3. The number of imidazole rings is 1. The van der Waals surface area contributed by atoms with Crippen molar-refractivity contribution in [3.63, 3.8) is 0 Å². The van der Waals surface area contributed by atoms with Crippen LogP contribution in [-0.2, 0) is 23.1 Å². The summed E-state index contributed by atoms with van der Waals surface area (Å²) >= 11 is 0. The summed E-state index contributed by atoms with van der Waals surface area (Å²) in [5, 5.41) is 3.08. The molecular formula is C25H35N7O3. The molecule has 1 saturated carbocycles. The molecule has 0 bridgehead atoms. The van der Waals surface area contributed by atoms with E-state index in [4.69, 9.17) is 5.73 Å². The third kappa shape index (κ3) is 5.01. The van der Waals surface area contributed by atoms with E-state index in [2.05, 4.69) is 15.3 Å². The molecule has 2 aromatic rings. The molecule has 188 valence electrons. The number of pyridine rings is 1. The van der Waals surface area contributed by atoms with Crippen molar-refractivity contribution in [3.8, 4) is 0 Å². The Labute approximate surface area is 205 Å². The smallest absolute Gasteiger partial charge is 0.325 e. The minimum absolute atomic E-state index is 0.0160. The highest BCUT2D eigenvalue weighted by Crippen LogP contribution is 2.34. The Morgan fingerprint density at radius 2 is 1.97 bits per heavy atom. The van der Waals surface area contributed by atoms with Gasteiger partial charge in [-0.15, -0.1) is 0 Å². The van der Waals surface area contributed by atoms with E-state index in [1.165, 1.54) is 11.3 Å². The second-order valence-corrected chi connectivity index (χ2v) is 9.65. The molecule has 0 spiro atoms. The maximum absolute atomic E-state index is 13.6. The highest BCUT2D eigenvalue weighted by Gasteiger charge is 2.55. The second-order valence-electron chi connectivity index (χ2n) is 9.65. The standard InChI is InChI=1S/C25H35N7O3/c1-4-19(17-8-6-5-7-9-17)29-25(35)32-21(23(34)31(3)24-28-12-13-30(24)2)18(22(32)33)14-16-10-11-27-20(26)15-16/h10-13,15,17-19,21H,4-9,14H2,1-3H3,(H2,26,27)(H,29,35)/t18-,19?,21+/m1/s1. The molecule has 0 aromatic carbocycles. The fourth-order valence-electron chi connectivity index (χ4n) is 5.43. The molecule has 1 aliphatic carbocycles. The molecule has 10 heteroatoms. The van der Waals surface area contributed by atoms with Crippen LogP contribution in [0.4, 0.5) is 16.6 Å². The van der Waals surface area contributed by atoms with Crippen molar-refractivity contribution in [2.24, 2.45) is 18.9 Å². The van der Waals surface area contributed by atoms with Crippen LogP contribution in [-0.4, -0.2) is 56.4 Å². The number of aryl methyl sites for hydroxylation is 1. The van der Waals surface area contributed by atoms with Crippen molar-refractivity contribution in [2.75, 3.05) is 17.7 Å². The average Bonchev–Trinajstić information content (AvgIpc) is 3.29. The largest absolute Gasteiger partial charge is 0.384 e. The van der Waals surface area contributed by atoms with E-state index in [-0.39, 0.29) is 17.9 Å². The molecule has 3 heterocycles. The zero-order chi connectivity index (χ0) is 25.1. The Balaban J connectivity index is 1.56. The molecule has 35 heavy (non-hydrogen) atoms. The Kier molecular flexibility index (Phi) is 7.37. The van der Waals surface area contributed by atoms with Gasteiger partial charge in [-0.1, -0.05) is 26.2 Å². The van der Waals surface area contributed by atoms with Crippen LogP contribution < -0.4 is 16.0 Å². The van der Waals surface area contributed by atoms with Gasteiger partial charge in [-0.05, 0) is 49.3 Å². The first-order valence-electron chi connectivity index (χ1n) is 12.4. The number of likely N-dealkylation sites (tertiary alicyclic amines) is 1. The van der Waals surface area contributed by atoms with E-state index in [9.17, 15) is 14.4 Å². The van der Waals surface area contributed by atoms with Gasteiger partial charge in [-0.2, -0.15) is 0 Å². The minimum atomic E-state index is -0.928. The van der Waals surface area contributed by atoms with E-state index in [1.807, 2.05) is 6.92 Å². The highest BCUT2D eigenvalue weighted by molar-refractivity contribution is 6.12. The van der Waals surface area contributed by atoms with Gasteiger partial charge in [-0.25, -0.2) is 14.8 Å². The number of hydrogen-bond donors (Lipinski definition) is 2. The number of nitrogens with two attached hydrogens (primary N) is 1. The molecule has 3 N–H and O–H groups in total. The molecule has 2 aromatic heterocycles. The number of carbonyl (C=O) groups excluding carboxylic acids is 3. The van der Waals surface area contributed by atoms with Crippen LogP contribution in [0.2, 0.25) is 0 Å². The zero-order valence-electron chi connectivity index (χ0n) is 20.7. The first-order valence-corrected chi connectivity index (χ1v) is 12.4. The molecular weight excluding hydrogens is 446 g/mol. The quantitative estimate of drug-likeness (QED) is 0.585. The van der Waals surface area contributed by atoms with Gasteiger partial charge in [0.1, 0.15) is 11.9 Å². The van der Waals surface area contributed by atoms with Gasteiger partial charge in [0.15, 0.2) is 0 Å². The SMILES string of the molecule is CCC(NC(=O)N1C(=O)[C@H](Cc2ccnc(N)c2)[C@H]1C(=O)N(C)c1nccn1C)C1CCCCC1.